The molecule has 30 heavy (non-hydrogen) atoms. The number of nitrogens with one attached hydrogen (secondary N) is 1. The van der Waals surface area contributed by atoms with Crippen molar-refractivity contribution < 1.29 is 27.5 Å². The fourth-order valence-corrected chi connectivity index (χ4v) is 3.25. The Hall–Kier alpha value is -2.88. The Morgan fingerprint density at radius 2 is 1.93 bits per heavy atom. The lowest BCUT2D eigenvalue weighted by Crippen LogP contribution is -2.38. The summed E-state index contributed by atoms with van der Waals surface area (Å²) >= 11 is 5.85. The number of ether oxygens (including phenoxy) is 1. The van der Waals surface area contributed by atoms with Gasteiger partial charge in [0.05, 0.1) is 11.3 Å². The number of alkyl halides is 3. The van der Waals surface area contributed by atoms with Crippen LogP contribution in [0.2, 0.25) is 5.02 Å². The largest absolute Gasteiger partial charge is 0.462 e. The van der Waals surface area contributed by atoms with E-state index in [1.807, 2.05) is 0 Å². The standard InChI is InChI=1S/C19H18ClF3N4O3/c1-11(28)30-14-3-6-27(7-4-14)17-15(8-12(10-25-17)19(21,22)23)26-18(29)16-9-13(20)2-5-24-16/h2,5,8-10,14H,3-4,6-7H2,1H3,(H,26,29). The number of rotatable bonds is 4. The monoisotopic (exact) mass is 442 g/mol. The third-order valence-corrected chi connectivity index (χ3v) is 4.71. The fourth-order valence-electron chi connectivity index (χ4n) is 3.09. The topological polar surface area (TPSA) is 84.4 Å². The first kappa shape index (κ1) is 21.8. The first-order valence-electron chi connectivity index (χ1n) is 9.06. The summed E-state index contributed by atoms with van der Waals surface area (Å²) in [6.45, 7) is 2.12. The second-order valence-electron chi connectivity index (χ2n) is 6.70. The van der Waals surface area contributed by atoms with E-state index in [4.69, 9.17) is 16.3 Å². The van der Waals surface area contributed by atoms with Crippen LogP contribution in [0.4, 0.5) is 24.7 Å². The summed E-state index contributed by atoms with van der Waals surface area (Å²) < 4.78 is 44.7. The van der Waals surface area contributed by atoms with Gasteiger partial charge in [-0.2, -0.15) is 13.2 Å². The van der Waals surface area contributed by atoms with Crippen molar-refractivity contribution in [3.8, 4) is 0 Å². The average molecular weight is 443 g/mol. The molecule has 1 aliphatic heterocycles. The van der Waals surface area contributed by atoms with Crippen LogP contribution in [0.25, 0.3) is 0 Å². The van der Waals surface area contributed by atoms with Gasteiger partial charge in [-0.3, -0.25) is 14.6 Å². The van der Waals surface area contributed by atoms with Crippen LogP contribution in [0, 0.1) is 0 Å². The van der Waals surface area contributed by atoms with Crippen LogP contribution >= 0.6 is 11.6 Å². The molecule has 7 nitrogen and oxygen atoms in total. The minimum absolute atomic E-state index is 0.0422. The first-order valence-corrected chi connectivity index (χ1v) is 9.43. The molecule has 1 N–H and O–H groups in total. The number of carbonyl (C=O) groups excluding carboxylic acids is 2. The van der Waals surface area contributed by atoms with Gasteiger partial charge in [-0.05, 0) is 18.2 Å². The molecule has 1 fully saturated rings. The van der Waals surface area contributed by atoms with Crippen molar-refractivity contribution in [2.24, 2.45) is 0 Å². The van der Waals surface area contributed by atoms with Crippen LogP contribution in [0.5, 0.6) is 0 Å². The maximum Gasteiger partial charge on any atom is 0.417 e. The molecule has 1 amide bonds. The molecule has 1 saturated heterocycles. The van der Waals surface area contributed by atoms with E-state index in [2.05, 4.69) is 15.3 Å². The fraction of sp³-hybridized carbons (Fsp3) is 0.368. The summed E-state index contributed by atoms with van der Waals surface area (Å²) in [4.78, 5) is 33.2. The zero-order chi connectivity index (χ0) is 21.9. The van der Waals surface area contributed by atoms with Gasteiger partial charge in [0.25, 0.3) is 5.91 Å². The van der Waals surface area contributed by atoms with E-state index < -0.39 is 17.6 Å². The number of amides is 1. The molecule has 11 heteroatoms. The number of nitrogens with zero attached hydrogens (tertiary/aromatic N) is 3. The van der Waals surface area contributed by atoms with Crippen LogP contribution in [0.3, 0.4) is 0 Å². The zero-order valence-electron chi connectivity index (χ0n) is 15.9. The molecular formula is C19H18ClF3N4O3. The summed E-state index contributed by atoms with van der Waals surface area (Å²) in [5.41, 5.74) is -1.13. The van der Waals surface area contributed by atoms with Gasteiger partial charge < -0.3 is 15.0 Å². The molecule has 3 heterocycles. The lowest BCUT2D eigenvalue weighted by Gasteiger charge is -2.33. The Kier molecular flexibility index (Phi) is 6.45. The van der Waals surface area contributed by atoms with Gasteiger partial charge >= 0.3 is 12.1 Å². The number of halogens is 4. The van der Waals surface area contributed by atoms with E-state index in [0.717, 1.165) is 12.3 Å². The molecule has 1 aliphatic rings. The van der Waals surface area contributed by atoms with Gasteiger partial charge in [0.1, 0.15) is 11.8 Å². The van der Waals surface area contributed by atoms with E-state index in [-0.39, 0.29) is 34.3 Å². The van der Waals surface area contributed by atoms with Crippen LogP contribution in [-0.2, 0) is 15.7 Å². The minimum atomic E-state index is -4.62. The molecule has 0 aromatic carbocycles. The maximum absolute atomic E-state index is 13.2. The number of esters is 1. The van der Waals surface area contributed by atoms with E-state index in [1.165, 1.54) is 25.3 Å². The normalized spacial score (nSPS) is 15.0. The smallest absolute Gasteiger partial charge is 0.417 e. The summed E-state index contributed by atoms with van der Waals surface area (Å²) in [6, 6.07) is 3.62. The number of anilines is 2. The number of hydrogen-bond donors (Lipinski definition) is 1. The summed E-state index contributed by atoms with van der Waals surface area (Å²) in [5, 5.41) is 2.73. The molecule has 2 aromatic rings. The first-order chi connectivity index (χ1) is 14.1. The Morgan fingerprint density at radius 1 is 1.23 bits per heavy atom. The van der Waals surface area contributed by atoms with E-state index in [9.17, 15) is 22.8 Å². The van der Waals surface area contributed by atoms with Crippen molar-refractivity contribution >= 4 is 35.0 Å². The van der Waals surface area contributed by atoms with Gasteiger partial charge in [0.15, 0.2) is 5.82 Å². The minimum Gasteiger partial charge on any atom is -0.462 e. The van der Waals surface area contributed by atoms with Crippen molar-refractivity contribution in [2.45, 2.75) is 32.0 Å². The van der Waals surface area contributed by atoms with Crippen molar-refractivity contribution in [1.82, 2.24) is 9.97 Å². The number of pyridine rings is 2. The molecule has 0 aliphatic carbocycles. The number of piperidine rings is 1. The van der Waals surface area contributed by atoms with Crippen molar-refractivity contribution in [2.75, 3.05) is 23.3 Å². The highest BCUT2D eigenvalue weighted by atomic mass is 35.5. The molecule has 0 radical (unpaired) electrons. The van der Waals surface area contributed by atoms with Gasteiger partial charge in [-0.25, -0.2) is 4.98 Å². The van der Waals surface area contributed by atoms with Crippen LogP contribution in [0.1, 0.15) is 35.8 Å². The lowest BCUT2D eigenvalue weighted by atomic mass is 10.1. The SMILES string of the molecule is CC(=O)OC1CCN(c2ncc(C(F)(F)F)cc2NC(=O)c2cc(Cl)ccn2)CC1. The molecule has 0 unspecified atom stereocenters. The van der Waals surface area contributed by atoms with Crippen LogP contribution in [0.15, 0.2) is 30.6 Å². The molecule has 0 atom stereocenters. The van der Waals surface area contributed by atoms with Crippen molar-refractivity contribution in [3.05, 3.63) is 46.9 Å². The van der Waals surface area contributed by atoms with Crippen molar-refractivity contribution in [3.63, 3.8) is 0 Å². The summed E-state index contributed by atoms with van der Waals surface area (Å²) in [7, 11) is 0. The Balaban J connectivity index is 1.86. The van der Waals surface area contributed by atoms with E-state index >= 15 is 0 Å². The number of hydrogen-bond acceptors (Lipinski definition) is 6. The van der Waals surface area contributed by atoms with E-state index in [1.54, 1.807) is 4.90 Å². The third kappa shape index (κ3) is 5.38. The van der Waals surface area contributed by atoms with Crippen molar-refractivity contribution in [1.29, 1.82) is 0 Å². The highest BCUT2D eigenvalue weighted by Crippen LogP contribution is 2.35. The maximum atomic E-state index is 13.2. The van der Waals surface area contributed by atoms with Crippen LogP contribution < -0.4 is 10.2 Å². The quantitative estimate of drug-likeness (QED) is 0.722. The van der Waals surface area contributed by atoms with Gasteiger partial charge in [-0.1, -0.05) is 11.6 Å². The number of aromatic nitrogens is 2. The Morgan fingerprint density at radius 3 is 2.53 bits per heavy atom. The summed E-state index contributed by atoms with van der Waals surface area (Å²) in [6.07, 6.45) is -1.86. The van der Waals surface area contributed by atoms with E-state index in [0.29, 0.717) is 25.9 Å². The molecule has 0 bridgehead atoms. The Labute approximate surface area is 175 Å². The highest BCUT2D eigenvalue weighted by molar-refractivity contribution is 6.31. The average Bonchev–Trinajstić information content (AvgIpc) is 2.67. The highest BCUT2D eigenvalue weighted by Gasteiger charge is 2.33. The predicted molar refractivity (Wildman–Crippen MR) is 103 cm³/mol. The van der Waals surface area contributed by atoms with Gasteiger partial charge in [0.2, 0.25) is 0 Å². The Bertz CT molecular complexity index is 947. The number of carbonyl (C=O) groups is 2. The van der Waals surface area contributed by atoms with Gasteiger partial charge in [-0.15, -0.1) is 0 Å². The molecule has 2 aromatic heterocycles. The summed E-state index contributed by atoms with van der Waals surface area (Å²) in [5.74, 6) is -0.905. The second kappa shape index (κ2) is 8.86. The van der Waals surface area contributed by atoms with Gasteiger partial charge in [0, 0.05) is 50.3 Å². The molecule has 160 valence electrons. The zero-order valence-corrected chi connectivity index (χ0v) is 16.6. The van der Waals surface area contributed by atoms with Crippen LogP contribution in [-0.4, -0.2) is 41.0 Å². The molecule has 0 saturated carbocycles. The molecule has 0 spiro atoms. The lowest BCUT2D eigenvalue weighted by molar-refractivity contribution is -0.147. The predicted octanol–water partition coefficient (Wildman–Crippen LogP) is 3.93. The molecule has 3 rings (SSSR count). The second-order valence-corrected chi connectivity index (χ2v) is 7.14. The third-order valence-electron chi connectivity index (χ3n) is 4.47. The molecular weight excluding hydrogens is 425 g/mol.